The van der Waals surface area contributed by atoms with Gasteiger partial charge >= 0.3 is 0 Å². The van der Waals surface area contributed by atoms with E-state index in [4.69, 9.17) is 23.2 Å². The lowest BCUT2D eigenvalue weighted by atomic mass is 9.98. The second-order valence-corrected chi connectivity index (χ2v) is 7.68. The van der Waals surface area contributed by atoms with Crippen LogP contribution in [0.1, 0.15) is 17.5 Å². The summed E-state index contributed by atoms with van der Waals surface area (Å²) in [5.74, 6) is -0.354. The number of carbonyl (C=O) groups excluding carboxylic acids is 2. The van der Waals surface area contributed by atoms with Crippen LogP contribution < -0.4 is 4.90 Å². The molecule has 0 aromatic heterocycles. The summed E-state index contributed by atoms with van der Waals surface area (Å²) in [4.78, 5) is 28.9. The molecule has 134 valence electrons. The van der Waals surface area contributed by atoms with Gasteiger partial charge in [0.15, 0.2) is 0 Å². The average Bonchev–Trinajstić information content (AvgIpc) is 3.01. The summed E-state index contributed by atoms with van der Waals surface area (Å²) in [7, 11) is 0. The summed E-state index contributed by atoms with van der Waals surface area (Å²) < 4.78 is 0. The third-order valence-electron chi connectivity index (χ3n) is 5.08. The number of anilines is 1. The van der Waals surface area contributed by atoms with Gasteiger partial charge in [-0.05, 0) is 35.7 Å². The number of benzene rings is 2. The molecule has 1 fully saturated rings. The van der Waals surface area contributed by atoms with Gasteiger partial charge in [0.25, 0.3) is 0 Å². The van der Waals surface area contributed by atoms with Crippen LogP contribution in [0.4, 0.5) is 5.69 Å². The molecule has 2 aromatic rings. The maximum Gasteiger partial charge on any atom is 0.228 e. The van der Waals surface area contributed by atoms with Crippen LogP contribution >= 0.6 is 23.2 Å². The van der Waals surface area contributed by atoms with Gasteiger partial charge in [0.05, 0.1) is 5.92 Å². The van der Waals surface area contributed by atoms with Gasteiger partial charge in [-0.15, -0.1) is 0 Å². The Hall–Kier alpha value is -2.04. The maximum atomic E-state index is 13.0. The summed E-state index contributed by atoms with van der Waals surface area (Å²) in [5.41, 5.74) is 3.14. The van der Waals surface area contributed by atoms with E-state index in [9.17, 15) is 9.59 Å². The fourth-order valence-electron chi connectivity index (χ4n) is 3.76. The summed E-state index contributed by atoms with van der Waals surface area (Å²) >= 11 is 12.1. The second kappa shape index (κ2) is 6.93. The van der Waals surface area contributed by atoms with E-state index in [1.54, 1.807) is 23.1 Å². The SMILES string of the molecule is O=C(C1CC(=O)N(c2cc(Cl)cc(Cl)c2)C1)N1CCc2ccccc2C1. The van der Waals surface area contributed by atoms with Crippen LogP contribution in [-0.4, -0.2) is 29.8 Å². The number of halogens is 2. The first-order valence-electron chi connectivity index (χ1n) is 8.63. The highest BCUT2D eigenvalue weighted by Gasteiger charge is 2.38. The first kappa shape index (κ1) is 17.4. The summed E-state index contributed by atoms with van der Waals surface area (Å²) in [6.07, 6.45) is 1.08. The standard InChI is InChI=1S/C20H18Cl2N2O2/c21-16-8-17(22)10-18(9-16)24-12-15(7-19(24)25)20(26)23-6-5-13-3-1-2-4-14(13)11-23/h1-4,8-10,15H,5-7,11-12H2. The van der Waals surface area contributed by atoms with Gasteiger partial charge in [0.1, 0.15) is 0 Å². The van der Waals surface area contributed by atoms with Crippen molar-refractivity contribution in [3.63, 3.8) is 0 Å². The predicted octanol–water partition coefficient (Wildman–Crippen LogP) is 3.93. The molecule has 1 unspecified atom stereocenters. The highest BCUT2D eigenvalue weighted by molar-refractivity contribution is 6.35. The molecule has 4 rings (SSSR count). The van der Waals surface area contributed by atoms with Crippen molar-refractivity contribution in [1.82, 2.24) is 4.90 Å². The highest BCUT2D eigenvalue weighted by Crippen LogP contribution is 2.31. The second-order valence-electron chi connectivity index (χ2n) is 6.81. The summed E-state index contributed by atoms with van der Waals surface area (Å²) in [6.45, 7) is 1.68. The lowest BCUT2D eigenvalue weighted by Gasteiger charge is -2.30. The third-order valence-corrected chi connectivity index (χ3v) is 5.51. The molecule has 0 N–H and O–H groups in total. The predicted molar refractivity (Wildman–Crippen MR) is 102 cm³/mol. The Kier molecular flexibility index (Phi) is 4.63. The molecule has 4 nitrogen and oxygen atoms in total. The number of fused-ring (bicyclic) bond motifs is 1. The Morgan fingerprint density at radius 3 is 2.46 bits per heavy atom. The molecule has 2 aliphatic rings. The van der Waals surface area contributed by atoms with Gasteiger partial charge < -0.3 is 9.80 Å². The molecule has 0 bridgehead atoms. The van der Waals surface area contributed by atoms with Gasteiger partial charge in [-0.1, -0.05) is 47.5 Å². The van der Waals surface area contributed by atoms with E-state index in [0.717, 1.165) is 6.42 Å². The maximum absolute atomic E-state index is 13.0. The molecule has 6 heteroatoms. The fraction of sp³-hybridized carbons (Fsp3) is 0.300. The zero-order chi connectivity index (χ0) is 18.3. The van der Waals surface area contributed by atoms with Crippen LogP contribution in [0.2, 0.25) is 10.0 Å². The number of nitrogens with zero attached hydrogens (tertiary/aromatic N) is 2. The van der Waals surface area contributed by atoms with Crippen LogP contribution in [0, 0.1) is 5.92 Å². The first-order valence-corrected chi connectivity index (χ1v) is 9.39. The van der Waals surface area contributed by atoms with Crippen molar-refractivity contribution >= 4 is 40.7 Å². The minimum absolute atomic E-state index is 0.0449. The minimum atomic E-state index is -0.328. The van der Waals surface area contributed by atoms with Crippen molar-refractivity contribution in [2.75, 3.05) is 18.0 Å². The van der Waals surface area contributed by atoms with Crippen molar-refractivity contribution < 1.29 is 9.59 Å². The van der Waals surface area contributed by atoms with E-state index in [2.05, 4.69) is 12.1 Å². The van der Waals surface area contributed by atoms with Gasteiger partial charge in [-0.3, -0.25) is 9.59 Å². The topological polar surface area (TPSA) is 40.6 Å². The Bertz CT molecular complexity index is 864. The number of rotatable bonds is 2. The minimum Gasteiger partial charge on any atom is -0.338 e. The zero-order valence-electron chi connectivity index (χ0n) is 14.1. The van der Waals surface area contributed by atoms with Gasteiger partial charge in [-0.25, -0.2) is 0 Å². The van der Waals surface area contributed by atoms with Crippen molar-refractivity contribution in [1.29, 1.82) is 0 Å². The summed E-state index contributed by atoms with van der Waals surface area (Å²) in [6, 6.07) is 13.2. The Morgan fingerprint density at radius 1 is 1.04 bits per heavy atom. The third kappa shape index (κ3) is 3.31. The quantitative estimate of drug-likeness (QED) is 0.781. The van der Waals surface area contributed by atoms with E-state index in [0.29, 0.717) is 35.4 Å². The Balaban J connectivity index is 1.49. The van der Waals surface area contributed by atoms with Crippen LogP contribution in [0.3, 0.4) is 0 Å². The Morgan fingerprint density at radius 2 is 1.73 bits per heavy atom. The van der Waals surface area contributed by atoms with Crippen LogP contribution in [-0.2, 0) is 22.6 Å². The largest absolute Gasteiger partial charge is 0.338 e. The molecular formula is C20H18Cl2N2O2. The molecule has 1 atom stereocenters. The van der Waals surface area contributed by atoms with E-state index in [-0.39, 0.29) is 24.2 Å². The zero-order valence-corrected chi connectivity index (χ0v) is 15.6. The molecule has 2 aliphatic heterocycles. The fourth-order valence-corrected chi connectivity index (χ4v) is 4.27. The molecule has 2 aromatic carbocycles. The van der Waals surface area contributed by atoms with Gasteiger partial charge in [0, 0.05) is 41.8 Å². The molecule has 2 heterocycles. The van der Waals surface area contributed by atoms with Gasteiger partial charge in [-0.2, -0.15) is 0 Å². The number of carbonyl (C=O) groups is 2. The van der Waals surface area contributed by atoms with Crippen molar-refractivity contribution in [2.24, 2.45) is 5.92 Å². The van der Waals surface area contributed by atoms with E-state index < -0.39 is 0 Å². The molecule has 0 saturated carbocycles. The molecule has 2 amide bonds. The molecule has 1 saturated heterocycles. The normalized spacial score (nSPS) is 19.6. The molecule has 0 radical (unpaired) electrons. The van der Waals surface area contributed by atoms with Gasteiger partial charge in [0.2, 0.25) is 11.8 Å². The average molecular weight is 389 g/mol. The number of hydrogen-bond donors (Lipinski definition) is 0. The van der Waals surface area contributed by atoms with Crippen LogP contribution in [0.5, 0.6) is 0 Å². The first-order chi connectivity index (χ1) is 12.5. The smallest absolute Gasteiger partial charge is 0.228 e. The monoisotopic (exact) mass is 388 g/mol. The molecule has 26 heavy (non-hydrogen) atoms. The molecule has 0 aliphatic carbocycles. The molecule has 0 spiro atoms. The lowest BCUT2D eigenvalue weighted by Crippen LogP contribution is -2.40. The Labute approximate surface area is 162 Å². The van der Waals surface area contributed by atoms with Crippen molar-refractivity contribution in [3.05, 3.63) is 63.6 Å². The van der Waals surface area contributed by atoms with E-state index in [1.165, 1.54) is 11.1 Å². The summed E-state index contributed by atoms with van der Waals surface area (Å²) in [5, 5.41) is 0.949. The van der Waals surface area contributed by atoms with Crippen LogP contribution in [0.15, 0.2) is 42.5 Å². The highest BCUT2D eigenvalue weighted by atomic mass is 35.5. The van der Waals surface area contributed by atoms with Crippen molar-refractivity contribution in [2.45, 2.75) is 19.4 Å². The van der Waals surface area contributed by atoms with Crippen molar-refractivity contribution in [3.8, 4) is 0 Å². The van der Waals surface area contributed by atoms with E-state index in [1.807, 2.05) is 17.0 Å². The lowest BCUT2D eigenvalue weighted by molar-refractivity contribution is -0.136. The molecular weight excluding hydrogens is 371 g/mol. The van der Waals surface area contributed by atoms with Crippen LogP contribution in [0.25, 0.3) is 0 Å². The number of amides is 2. The van der Waals surface area contributed by atoms with E-state index >= 15 is 0 Å². The number of hydrogen-bond acceptors (Lipinski definition) is 2.